The molecule has 4 rings (SSSR count). The molecule has 3 aromatic rings. The summed E-state index contributed by atoms with van der Waals surface area (Å²) in [7, 11) is -3.69. The van der Waals surface area contributed by atoms with Crippen LogP contribution in [0.2, 0.25) is 0 Å². The van der Waals surface area contributed by atoms with Crippen molar-refractivity contribution in [2.24, 2.45) is 0 Å². The van der Waals surface area contributed by atoms with Gasteiger partial charge in [0.15, 0.2) is 11.5 Å². The van der Waals surface area contributed by atoms with Gasteiger partial charge >= 0.3 is 0 Å². The van der Waals surface area contributed by atoms with E-state index in [-0.39, 0.29) is 10.9 Å². The second kappa shape index (κ2) is 7.25. The lowest BCUT2D eigenvalue weighted by molar-refractivity contribution is 0.101. The van der Waals surface area contributed by atoms with Gasteiger partial charge in [-0.15, -0.1) is 0 Å². The van der Waals surface area contributed by atoms with Crippen molar-refractivity contribution >= 4 is 21.5 Å². The van der Waals surface area contributed by atoms with Gasteiger partial charge in [-0.1, -0.05) is 0 Å². The highest BCUT2D eigenvalue weighted by atomic mass is 32.2. The Bertz CT molecular complexity index is 1060. The van der Waals surface area contributed by atoms with Crippen LogP contribution in [0, 0.1) is 0 Å². The van der Waals surface area contributed by atoms with Gasteiger partial charge < -0.3 is 9.32 Å². The molecule has 0 radical (unpaired) electrons. The Hall–Kier alpha value is -2.91. The highest BCUT2D eigenvalue weighted by molar-refractivity contribution is 7.89. The maximum absolute atomic E-state index is 12.9. The van der Waals surface area contributed by atoms with Crippen LogP contribution in [0.1, 0.15) is 17.3 Å². The fraction of sp³-hybridized carbons (Fsp3) is 0.263. The molecule has 2 aromatic heterocycles. The van der Waals surface area contributed by atoms with E-state index in [0.29, 0.717) is 43.2 Å². The van der Waals surface area contributed by atoms with Crippen LogP contribution in [-0.2, 0) is 10.0 Å². The first-order valence-corrected chi connectivity index (χ1v) is 10.3. The molecule has 28 heavy (non-hydrogen) atoms. The number of anilines is 1. The number of ketones is 1. The summed E-state index contributed by atoms with van der Waals surface area (Å²) in [5, 5.41) is 6.52. The van der Waals surface area contributed by atoms with Gasteiger partial charge in [0.1, 0.15) is 5.69 Å². The van der Waals surface area contributed by atoms with Gasteiger partial charge in [0.2, 0.25) is 5.09 Å². The molecule has 1 saturated heterocycles. The maximum Gasteiger partial charge on any atom is 0.276 e. The van der Waals surface area contributed by atoms with Gasteiger partial charge in [0, 0.05) is 43.6 Å². The molecule has 1 fully saturated rings. The van der Waals surface area contributed by atoms with Crippen molar-refractivity contribution in [3.05, 3.63) is 54.2 Å². The Kier molecular flexibility index (Phi) is 4.78. The SMILES string of the molecule is CC(=O)c1ccc(N2CCN(S(=O)(=O)c3ccc(-c4ccn[nH]4)o3)CC2)cc1. The number of piperazine rings is 1. The summed E-state index contributed by atoms with van der Waals surface area (Å²) in [6.45, 7) is 3.37. The molecule has 1 aliphatic rings. The highest BCUT2D eigenvalue weighted by Gasteiger charge is 2.31. The maximum atomic E-state index is 12.9. The lowest BCUT2D eigenvalue weighted by atomic mass is 10.1. The van der Waals surface area contributed by atoms with E-state index in [1.165, 1.54) is 17.3 Å². The predicted octanol–water partition coefficient (Wildman–Crippen LogP) is 2.38. The third-order valence-electron chi connectivity index (χ3n) is 4.82. The smallest absolute Gasteiger partial charge is 0.276 e. The molecule has 1 aliphatic heterocycles. The van der Waals surface area contributed by atoms with E-state index in [9.17, 15) is 13.2 Å². The molecule has 0 atom stereocenters. The Balaban J connectivity index is 1.44. The molecule has 0 spiro atoms. The quantitative estimate of drug-likeness (QED) is 0.660. The Morgan fingerprint density at radius 2 is 1.75 bits per heavy atom. The lowest BCUT2D eigenvalue weighted by Crippen LogP contribution is -2.48. The Morgan fingerprint density at radius 1 is 1.04 bits per heavy atom. The average molecular weight is 400 g/mol. The number of benzene rings is 1. The number of aromatic amines is 1. The minimum absolute atomic E-state index is 0.0235. The number of hydrogen-bond acceptors (Lipinski definition) is 6. The van der Waals surface area contributed by atoms with Crippen LogP contribution in [-0.4, -0.2) is 54.9 Å². The minimum atomic E-state index is -3.69. The molecule has 0 amide bonds. The summed E-state index contributed by atoms with van der Waals surface area (Å²) in [6, 6.07) is 12.2. The van der Waals surface area contributed by atoms with Crippen LogP contribution < -0.4 is 4.90 Å². The molecule has 0 saturated carbocycles. The van der Waals surface area contributed by atoms with Gasteiger partial charge in [0.25, 0.3) is 10.0 Å². The second-order valence-electron chi connectivity index (χ2n) is 6.58. The molecule has 1 aromatic carbocycles. The van der Waals surface area contributed by atoms with Crippen LogP contribution in [0.4, 0.5) is 5.69 Å². The first kappa shape index (κ1) is 18.5. The molecule has 146 valence electrons. The number of carbonyl (C=O) groups excluding carboxylic acids is 1. The standard InChI is InChI=1S/C19H20N4O4S/c1-14(24)15-2-4-16(5-3-15)22-10-12-23(13-11-22)28(25,26)19-7-6-18(27-19)17-8-9-20-21-17/h2-9H,10-13H2,1H3,(H,20,21). The van der Waals surface area contributed by atoms with E-state index in [1.807, 2.05) is 12.1 Å². The number of rotatable bonds is 5. The number of hydrogen-bond donors (Lipinski definition) is 1. The number of H-pyrrole nitrogens is 1. The first-order valence-electron chi connectivity index (χ1n) is 8.91. The number of nitrogens with zero attached hydrogens (tertiary/aromatic N) is 3. The van der Waals surface area contributed by atoms with E-state index in [0.717, 1.165) is 5.69 Å². The molecule has 0 aliphatic carbocycles. The molecular weight excluding hydrogens is 380 g/mol. The predicted molar refractivity (Wildman–Crippen MR) is 104 cm³/mol. The molecule has 8 nitrogen and oxygen atoms in total. The summed E-state index contributed by atoms with van der Waals surface area (Å²) in [5.41, 5.74) is 2.26. The van der Waals surface area contributed by atoms with E-state index < -0.39 is 10.0 Å². The zero-order valence-corrected chi connectivity index (χ0v) is 16.1. The summed E-state index contributed by atoms with van der Waals surface area (Å²) >= 11 is 0. The number of nitrogens with one attached hydrogen (secondary N) is 1. The number of carbonyl (C=O) groups is 1. The van der Waals surface area contributed by atoms with Crippen molar-refractivity contribution in [2.75, 3.05) is 31.1 Å². The minimum Gasteiger partial charge on any atom is -0.442 e. The van der Waals surface area contributed by atoms with Gasteiger partial charge in [0.05, 0.1) is 0 Å². The van der Waals surface area contributed by atoms with Gasteiger partial charge in [-0.3, -0.25) is 9.89 Å². The van der Waals surface area contributed by atoms with Gasteiger partial charge in [-0.2, -0.15) is 9.40 Å². The zero-order valence-electron chi connectivity index (χ0n) is 15.3. The van der Waals surface area contributed by atoms with Crippen LogP contribution in [0.25, 0.3) is 11.5 Å². The van der Waals surface area contributed by atoms with Crippen LogP contribution in [0.5, 0.6) is 0 Å². The number of Topliss-reactive ketones (excluding diaryl/α,β-unsaturated/α-hetero) is 1. The highest BCUT2D eigenvalue weighted by Crippen LogP contribution is 2.26. The Morgan fingerprint density at radius 3 is 2.36 bits per heavy atom. The van der Waals surface area contributed by atoms with E-state index in [4.69, 9.17) is 4.42 Å². The van der Waals surface area contributed by atoms with E-state index in [2.05, 4.69) is 15.1 Å². The average Bonchev–Trinajstić information content (AvgIpc) is 3.40. The first-order chi connectivity index (χ1) is 13.4. The molecule has 1 N–H and O–H groups in total. The zero-order chi connectivity index (χ0) is 19.7. The molecule has 0 unspecified atom stereocenters. The number of sulfonamides is 1. The third kappa shape index (κ3) is 3.46. The van der Waals surface area contributed by atoms with Crippen LogP contribution in [0.15, 0.2) is 58.2 Å². The van der Waals surface area contributed by atoms with Gasteiger partial charge in [-0.25, -0.2) is 8.42 Å². The summed E-state index contributed by atoms with van der Waals surface area (Å²) < 4.78 is 32.7. The monoisotopic (exact) mass is 400 g/mol. The fourth-order valence-corrected chi connectivity index (χ4v) is 4.55. The second-order valence-corrected chi connectivity index (χ2v) is 8.45. The van der Waals surface area contributed by atoms with E-state index >= 15 is 0 Å². The topological polar surface area (TPSA) is 99.5 Å². The van der Waals surface area contributed by atoms with Crippen molar-refractivity contribution in [2.45, 2.75) is 12.0 Å². The van der Waals surface area contributed by atoms with Crippen molar-refractivity contribution in [1.29, 1.82) is 0 Å². The summed E-state index contributed by atoms with van der Waals surface area (Å²) in [5.74, 6) is 0.454. The van der Waals surface area contributed by atoms with E-state index in [1.54, 1.807) is 30.5 Å². The van der Waals surface area contributed by atoms with Crippen molar-refractivity contribution in [1.82, 2.24) is 14.5 Å². The van der Waals surface area contributed by atoms with Crippen molar-refractivity contribution in [3.8, 4) is 11.5 Å². The lowest BCUT2D eigenvalue weighted by Gasteiger charge is -2.34. The van der Waals surface area contributed by atoms with Crippen molar-refractivity contribution in [3.63, 3.8) is 0 Å². The molecular formula is C19H20N4O4S. The number of aromatic nitrogens is 2. The van der Waals surface area contributed by atoms with Gasteiger partial charge in [-0.05, 0) is 49.4 Å². The summed E-state index contributed by atoms with van der Waals surface area (Å²) in [4.78, 5) is 13.5. The third-order valence-corrected chi connectivity index (χ3v) is 6.59. The Labute approximate surface area is 162 Å². The van der Waals surface area contributed by atoms with Crippen molar-refractivity contribution < 1.29 is 17.6 Å². The fourth-order valence-electron chi connectivity index (χ4n) is 3.22. The normalized spacial score (nSPS) is 15.7. The molecule has 0 bridgehead atoms. The van der Waals surface area contributed by atoms with Crippen LogP contribution >= 0.6 is 0 Å². The largest absolute Gasteiger partial charge is 0.442 e. The molecule has 9 heteroatoms. The summed E-state index contributed by atoms with van der Waals surface area (Å²) in [6.07, 6.45) is 1.58. The van der Waals surface area contributed by atoms with Crippen LogP contribution in [0.3, 0.4) is 0 Å². The number of furan rings is 1. The molecule has 3 heterocycles.